The van der Waals surface area contributed by atoms with Gasteiger partial charge in [0.15, 0.2) is 0 Å². The van der Waals surface area contributed by atoms with Crippen LogP contribution in [-0.2, 0) is 14.4 Å². The van der Waals surface area contributed by atoms with E-state index >= 15 is 0 Å². The zero-order chi connectivity index (χ0) is 13.2. The van der Waals surface area contributed by atoms with Gasteiger partial charge in [-0.15, -0.1) is 0 Å². The van der Waals surface area contributed by atoms with E-state index in [4.69, 9.17) is 5.11 Å². The van der Waals surface area contributed by atoms with Gasteiger partial charge in [-0.2, -0.15) is 0 Å². The molecule has 3 N–H and O–H groups in total. The quantitative estimate of drug-likeness (QED) is 0.611. The molecule has 2 atom stereocenters. The summed E-state index contributed by atoms with van der Waals surface area (Å²) < 4.78 is 0. The molecule has 0 radical (unpaired) electrons. The highest BCUT2D eigenvalue weighted by Gasteiger charge is 2.48. The van der Waals surface area contributed by atoms with Crippen LogP contribution in [0.3, 0.4) is 0 Å². The van der Waals surface area contributed by atoms with Crippen molar-refractivity contribution in [2.75, 3.05) is 13.6 Å². The van der Waals surface area contributed by atoms with Crippen LogP contribution in [0, 0.1) is 17.3 Å². The van der Waals surface area contributed by atoms with Crippen molar-refractivity contribution in [3.8, 4) is 0 Å². The summed E-state index contributed by atoms with van der Waals surface area (Å²) in [6, 6.07) is 0. The first kappa shape index (κ1) is 13.5. The molecule has 1 saturated carbocycles. The van der Waals surface area contributed by atoms with Crippen LogP contribution < -0.4 is 10.6 Å². The molecule has 0 heterocycles. The first-order valence-corrected chi connectivity index (χ1v) is 5.52. The zero-order valence-electron chi connectivity index (χ0n) is 10.2. The molecule has 1 rings (SSSR count). The molecule has 1 aliphatic rings. The topological polar surface area (TPSA) is 95.5 Å². The summed E-state index contributed by atoms with van der Waals surface area (Å²) in [5.41, 5.74) is -0.696. The van der Waals surface area contributed by atoms with Crippen molar-refractivity contribution in [3.63, 3.8) is 0 Å². The van der Waals surface area contributed by atoms with Gasteiger partial charge in [0.25, 0.3) is 0 Å². The van der Waals surface area contributed by atoms with E-state index in [-0.39, 0.29) is 18.4 Å². The van der Waals surface area contributed by atoms with E-state index in [0.29, 0.717) is 6.42 Å². The molecule has 1 aliphatic carbocycles. The first-order valence-electron chi connectivity index (χ1n) is 5.52. The molecule has 0 aliphatic heterocycles. The third kappa shape index (κ3) is 3.18. The zero-order valence-corrected chi connectivity index (χ0v) is 10.2. The molecule has 17 heavy (non-hydrogen) atoms. The number of carbonyl (C=O) groups excluding carboxylic acids is 2. The van der Waals surface area contributed by atoms with Crippen molar-refractivity contribution < 1.29 is 19.5 Å². The maximum Gasteiger partial charge on any atom is 0.307 e. The van der Waals surface area contributed by atoms with Gasteiger partial charge in [0.1, 0.15) is 0 Å². The van der Waals surface area contributed by atoms with Gasteiger partial charge in [-0.05, 0) is 20.3 Å². The van der Waals surface area contributed by atoms with Gasteiger partial charge in [0.2, 0.25) is 11.8 Å². The Hall–Kier alpha value is -1.59. The van der Waals surface area contributed by atoms with Gasteiger partial charge < -0.3 is 15.7 Å². The highest BCUT2D eigenvalue weighted by molar-refractivity contribution is 5.90. The lowest BCUT2D eigenvalue weighted by Crippen LogP contribution is -2.44. The number of carbonyl (C=O) groups is 3. The Bertz CT molecular complexity index is 351. The van der Waals surface area contributed by atoms with Crippen molar-refractivity contribution >= 4 is 17.8 Å². The standard InChI is InChI=1S/C11H18N2O4/c1-11(2,10(17)12-3)5-13-8(14)6-4-7(6)9(15)16/h6-7H,4-5H2,1-3H3,(H,12,17)(H,13,14)(H,15,16). The lowest BCUT2D eigenvalue weighted by atomic mass is 9.92. The summed E-state index contributed by atoms with van der Waals surface area (Å²) in [6.07, 6.45) is 0.390. The van der Waals surface area contributed by atoms with E-state index in [0.717, 1.165) is 0 Å². The SMILES string of the molecule is CNC(=O)C(C)(C)CNC(=O)C1CC1C(=O)O. The van der Waals surface area contributed by atoms with E-state index < -0.39 is 23.2 Å². The summed E-state index contributed by atoms with van der Waals surface area (Å²) in [5, 5.41) is 13.8. The largest absolute Gasteiger partial charge is 0.481 e. The highest BCUT2D eigenvalue weighted by atomic mass is 16.4. The minimum atomic E-state index is -0.935. The number of hydrogen-bond donors (Lipinski definition) is 3. The van der Waals surface area contributed by atoms with Crippen molar-refractivity contribution in [1.82, 2.24) is 10.6 Å². The van der Waals surface area contributed by atoms with Gasteiger partial charge in [0.05, 0.1) is 17.3 Å². The van der Waals surface area contributed by atoms with E-state index in [9.17, 15) is 14.4 Å². The molecule has 2 unspecified atom stereocenters. The van der Waals surface area contributed by atoms with Crippen LogP contribution in [-0.4, -0.2) is 36.5 Å². The van der Waals surface area contributed by atoms with Crippen LogP contribution in [0.4, 0.5) is 0 Å². The monoisotopic (exact) mass is 242 g/mol. The fourth-order valence-electron chi connectivity index (χ4n) is 1.62. The highest BCUT2D eigenvalue weighted by Crippen LogP contribution is 2.38. The van der Waals surface area contributed by atoms with Crippen LogP contribution in [0.1, 0.15) is 20.3 Å². The smallest absolute Gasteiger partial charge is 0.307 e. The number of carboxylic acid groups (broad SMARTS) is 1. The summed E-state index contributed by atoms with van der Waals surface area (Å²) in [6.45, 7) is 3.63. The molecule has 0 saturated heterocycles. The Morgan fingerprint density at radius 2 is 1.88 bits per heavy atom. The Morgan fingerprint density at radius 3 is 2.29 bits per heavy atom. The first-order chi connectivity index (χ1) is 7.79. The number of rotatable bonds is 5. The fourth-order valence-corrected chi connectivity index (χ4v) is 1.62. The van der Waals surface area contributed by atoms with Gasteiger partial charge in [-0.25, -0.2) is 0 Å². The summed E-state index contributed by atoms with van der Waals surface area (Å²) in [5.74, 6) is -2.38. The number of aliphatic carboxylic acids is 1. The molecule has 2 amide bonds. The van der Waals surface area contributed by atoms with Crippen LogP contribution in [0.2, 0.25) is 0 Å². The normalized spacial score (nSPS) is 22.8. The molecule has 1 fully saturated rings. The Kier molecular flexibility index (Phi) is 3.75. The van der Waals surface area contributed by atoms with E-state index in [2.05, 4.69) is 10.6 Å². The minimum Gasteiger partial charge on any atom is -0.481 e. The van der Waals surface area contributed by atoms with Crippen LogP contribution >= 0.6 is 0 Å². The van der Waals surface area contributed by atoms with Crippen molar-refractivity contribution in [2.24, 2.45) is 17.3 Å². The van der Waals surface area contributed by atoms with Crippen LogP contribution in [0.5, 0.6) is 0 Å². The maximum atomic E-state index is 11.6. The van der Waals surface area contributed by atoms with Gasteiger partial charge >= 0.3 is 5.97 Å². The van der Waals surface area contributed by atoms with Crippen molar-refractivity contribution in [2.45, 2.75) is 20.3 Å². The third-order valence-corrected chi connectivity index (χ3v) is 2.99. The molecule has 0 bridgehead atoms. The van der Waals surface area contributed by atoms with Crippen molar-refractivity contribution in [1.29, 1.82) is 0 Å². The van der Waals surface area contributed by atoms with Crippen LogP contribution in [0.25, 0.3) is 0 Å². The van der Waals surface area contributed by atoms with E-state index in [1.54, 1.807) is 13.8 Å². The number of carboxylic acids is 1. The summed E-state index contributed by atoms with van der Waals surface area (Å²) in [4.78, 5) is 33.6. The Balaban J connectivity index is 2.39. The second-order valence-corrected chi connectivity index (χ2v) is 4.97. The molecule has 0 aromatic carbocycles. The van der Waals surface area contributed by atoms with Crippen LogP contribution in [0.15, 0.2) is 0 Å². The van der Waals surface area contributed by atoms with E-state index in [1.165, 1.54) is 7.05 Å². The molecule has 0 spiro atoms. The second kappa shape index (κ2) is 4.73. The maximum absolute atomic E-state index is 11.6. The van der Waals surface area contributed by atoms with Gasteiger partial charge in [-0.1, -0.05) is 0 Å². The lowest BCUT2D eigenvalue weighted by Gasteiger charge is -2.22. The average Bonchev–Trinajstić information content (AvgIpc) is 3.04. The molecule has 0 aromatic heterocycles. The molecule has 6 nitrogen and oxygen atoms in total. The summed E-state index contributed by atoms with van der Waals surface area (Å²) in [7, 11) is 1.53. The van der Waals surface area contributed by atoms with Gasteiger partial charge in [-0.3, -0.25) is 14.4 Å². The Labute approximate surface area is 99.8 Å². The lowest BCUT2D eigenvalue weighted by molar-refractivity contribution is -0.140. The predicted octanol–water partition coefficient (Wildman–Crippen LogP) is -0.404. The number of amides is 2. The number of nitrogens with one attached hydrogen (secondary N) is 2. The third-order valence-electron chi connectivity index (χ3n) is 2.99. The number of hydrogen-bond acceptors (Lipinski definition) is 3. The minimum absolute atomic E-state index is 0.164. The Morgan fingerprint density at radius 1 is 1.29 bits per heavy atom. The fraction of sp³-hybridized carbons (Fsp3) is 0.727. The van der Waals surface area contributed by atoms with E-state index in [1.807, 2.05) is 0 Å². The molecule has 0 aromatic rings. The predicted molar refractivity (Wildman–Crippen MR) is 60.1 cm³/mol. The van der Waals surface area contributed by atoms with Gasteiger partial charge in [0, 0.05) is 13.6 Å². The molecular formula is C11H18N2O4. The molecular weight excluding hydrogens is 224 g/mol. The average molecular weight is 242 g/mol. The molecule has 6 heteroatoms. The molecule has 96 valence electrons. The van der Waals surface area contributed by atoms with Crippen molar-refractivity contribution in [3.05, 3.63) is 0 Å². The summed E-state index contributed by atoms with van der Waals surface area (Å²) >= 11 is 0. The second-order valence-electron chi connectivity index (χ2n) is 4.97.